The zero-order valence-corrected chi connectivity index (χ0v) is 38.1. The third kappa shape index (κ3) is 8.84. The highest BCUT2D eigenvalue weighted by Crippen LogP contribution is 2.39. The number of anilines is 4. The van der Waals surface area contributed by atoms with Gasteiger partial charge in [-0.15, -0.1) is 4.68 Å². The molecule has 15 nitrogen and oxygen atoms in total. The predicted octanol–water partition coefficient (Wildman–Crippen LogP) is 7.28. The summed E-state index contributed by atoms with van der Waals surface area (Å²) < 4.78 is 100. The third-order valence-corrected chi connectivity index (χ3v) is 16.5. The summed E-state index contributed by atoms with van der Waals surface area (Å²) in [5.74, 6) is -0.00966. The van der Waals surface area contributed by atoms with Crippen molar-refractivity contribution in [2.45, 2.75) is 86.2 Å². The van der Waals surface area contributed by atoms with Crippen LogP contribution in [0.15, 0.2) is 81.8 Å². The molecule has 2 aromatic carbocycles. The first-order valence-corrected chi connectivity index (χ1v) is 24.3. The fraction of sp³-hybridized carbons (Fsp3) is 0.395. The molecule has 1 saturated carbocycles. The van der Waals surface area contributed by atoms with Crippen LogP contribution in [0, 0.1) is 13.8 Å². The Labute approximate surface area is 373 Å². The van der Waals surface area contributed by atoms with Gasteiger partial charge in [-0.2, -0.15) is 22.8 Å². The Bertz CT molecular complexity index is 3080. The number of pyridine rings is 1. The number of aryl methyl sites for hydroxylation is 3. The van der Waals surface area contributed by atoms with E-state index in [9.17, 15) is 34.8 Å². The van der Waals surface area contributed by atoms with Crippen LogP contribution in [0.5, 0.6) is 0 Å². The van der Waals surface area contributed by atoms with Crippen LogP contribution < -0.4 is 20.9 Å². The van der Waals surface area contributed by atoms with Crippen LogP contribution in [0.2, 0.25) is 5.02 Å². The molecule has 2 aliphatic rings. The zero-order valence-electron chi connectivity index (χ0n) is 35.7. The van der Waals surface area contributed by atoms with Crippen molar-refractivity contribution in [1.29, 1.82) is 0 Å². The summed E-state index contributed by atoms with van der Waals surface area (Å²) in [4.78, 5) is 33.8. The second-order valence-corrected chi connectivity index (χ2v) is 21.4. The number of hydrogen-bond donors (Lipinski definition) is 2. The Kier molecular flexibility index (Phi) is 12.1. The van der Waals surface area contributed by atoms with Gasteiger partial charge >= 0.3 is 6.18 Å². The van der Waals surface area contributed by atoms with Crippen molar-refractivity contribution in [2.24, 2.45) is 7.05 Å². The molecule has 1 aliphatic carbocycles. The van der Waals surface area contributed by atoms with Gasteiger partial charge in [0.1, 0.15) is 16.2 Å². The summed E-state index contributed by atoms with van der Waals surface area (Å²) in [6, 6.07) is 10.2. The molecule has 5 heterocycles. The van der Waals surface area contributed by atoms with E-state index in [1.807, 2.05) is 11.7 Å². The molecule has 0 spiro atoms. The Morgan fingerprint density at radius 2 is 1.48 bits per heavy atom. The summed E-state index contributed by atoms with van der Waals surface area (Å²) >= 11 is 6.48. The molecule has 2 N–H and O–H groups in total. The second kappa shape index (κ2) is 17.2. The van der Waals surface area contributed by atoms with E-state index in [1.54, 1.807) is 66.9 Å². The molecule has 1 saturated heterocycles. The van der Waals surface area contributed by atoms with Crippen molar-refractivity contribution in [3.63, 3.8) is 0 Å². The first-order valence-electron chi connectivity index (χ1n) is 20.7. The van der Waals surface area contributed by atoms with Crippen molar-refractivity contribution in [2.75, 3.05) is 36.5 Å². The maximum atomic E-state index is 14.4. The van der Waals surface area contributed by atoms with E-state index in [0.717, 1.165) is 19.3 Å². The number of piperidine rings is 1. The van der Waals surface area contributed by atoms with E-state index < -0.39 is 42.2 Å². The topological polar surface area (TPSA) is 178 Å². The summed E-state index contributed by atoms with van der Waals surface area (Å²) in [5.41, 5.74) is 0.912. The van der Waals surface area contributed by atoms with Crippen LogP contribution in [0.3, 0.4) is 0 Å². The van der Waals surface area contributed by atoms with Crippen molar-refractivity contribution >= 4 is 65.6 Å². The summed E-state index contributed by atoms with van der Waals surface area (Å²) in [7, 11) is -3.30. The van der Waals surface area contributed by atoms with E-state index in [-0.39, 0.29) is 55.8 Å². The monoisotopic (exact) mass is 939 g/mol. The second-order valence-electron chi connectivity index (χ2n) is 16.5. The van der Waals surface area contributed by atoms with Gasteiger partial charge in [-0.1, -0.05) is 18.5 Å². The third-order valence-electron chi connectivity index (χ3n) is 12.2. The Morgan fingerprint density at radius 1 is 0.859 bits per heavy atom. The number of hydrogen-bond acceptors (Lipinski definition) is 12. The molecule has 6 aromatic rings. The largest absolute Gasteiger partial charge is 0.420 e. The SMILES string of the molecule is CCS(=O)(=O)c1ccc(Nc2ncc(C(F)(F)F)c(-c3cn(C)[n+](C4CCC(n5c(=O)c(Cl)cc6cnc(Nc7ccc(S(=O)(=O)C8CCN(C)CC8)cc7C)nc65)C4)c3)n2)c(C)c1. The van der Waals surface area contributed by atoms with Crippen LogP contribution in [0.25, 0.3) is 22.3 Å². The van der Waals surface area contributed by atoms with Gasteiger partial charge < -0.3 is 15.5 Å². The van der Waals surface area contributed by atoms with Crippen LogP contribution in [0.1, 0.15) is 67.8 Å². The fourth-order valence-electron chi connectivity index (χ4n) is 8.60. The van der Waals surface area contributed by atoms with Crippen LogP contribution >= 0.6 is 11.6 Å². The Morgan fingerprint density at radius 3 is 2.12 bits per heavy atom. The molecule has 1 aliphatic heterocycles. The lowest BCUT2D eigenvalue weighted by Crippen LogP contribution is -2.44. The standard InChI is InChI=1S/C43H46ClF3N10O5S2/c1-6-63(59,60)32-9-11-36(25(2)17-32)50-41-49-22-34(43(45,46)47)38(52-41)28-23-55(5)56(24-28)29-7-8-30(20-29)57-39-27(19-35(44)40(57)58)21-48-42(53-39)51-37-12-10-33(18-26(37)3)64(61,62)31-13-15-54(4)16-14-31/h9-12,17-19,21-24,29-31H,6-8,13-16,20H2,1-5H3,(H-,48,49,50,51,52,53,58)/p+1. The highest BCUT2D eigenvalue weighted by molar-refractivity contribution is 7.92. The van der Waals surface area contributed by atoms with Crippen LogP contribution in [0.4, 0.5) is 36.4 Å². The van der Waals surface area contributed by atoms with E-state index in [1.165, 1.54) is 31.2 Å². The molecule has 0 radical (unpaired) electrons. The number of sulfone groups is 2. The number of nitrogens with zero attached hydrogens (tertiary/aromatic N) is 8. The molecule has 338 valence electrons. The molecule has 2 unspecified atom stereocenters. The molecule has 8 rings (SSSR count). The number of rotatable bonds is 11. The van der Waals surface area contributed by atoms with Gasteiger partial charge in [0.05, 0.1) is 45.3 Å². The minimum absolute atomic E-state index is 0.0173. The Hall–Kier alpha value is -5.44. The van der Waals surface area contributed by atoms with Crippen LogP contribution in [-0.2, 0) is 32.9 Å². The normalized spacial score (nSPS) is 17.9. The highest BCUT2D eigenvalue weighted by atomic mass is 35.5. The number of alkyl halides is 3. The van der Waals surface area contributed by atoms with Crippen molar-refractivity contribution in [1.82, 2.24) is 34.1 Å². The van der Waals surface area contributed by atoms with Gasteiger partial charge in [-0.05, 0) is 107 Å². The molecule has 2 atom stereocenters. The van der Waals surface area contributed by atoms with Gasteiger partial charge in [-0.3, -0.25) is 9.36 Å². The maximum Gasteiger partial charge on any atom is 0.420 e. The number of likely N-dealkylation sites (tertiary alicyclic amines) is 1. The highest BCUT2D eigenvalue weighted by Gasteiger charge is 2.40. The molecule has 4 aromatic heterocycles. The van der Waals surface area contributed by atoms with E-state index >= 15 is 0 Å². The van der Waals surface area contributed by atoms with Gasteiger partial charge in [-0.25, -0.2) is 31.8 Å². The van der Waals surface area contributed by atoms with E-state index in [4.69, 9.17) is 16.6 Å². The zero-order chi connectivity index (χ0) is 45.9. The lowest BCUT2D eigenvalue weighted by Gasteiger charge is -2.28. The summed E-state index contributed by atoms with van der Waals surface area (Å²) in [5, 5.41) is 6.19. The van der Waals surface area contributed by atoms with Crippen molar-refractivity contribution in [3.8, 4) is 11.3 Å². The van der Waals surface area contributed by atoms with E-state index in [2.05, 4.69) is 30.5 Å². The van der Waals surface area contributed by atoms with Crippen molar-refractivity contribution < 1.29 is 34.7 Å². The average Bonchev–Trinajstić information content (AvgIpc) is 3.89. The number of fused-ring (bicyclic) bond motifs is 1. The molecule has 2 fully saturated rings. The van der Waals surface area contributed by atoms with Crippen molar-refractivity contribution in [3.05, 3.63) is 99.3 Å². The number of benzene rings is 2. The molecule has 64 heavy (non-hydrogen) atoms. The smallest absolute Gasteiger partial charge is 0.324 e. The summed E-state index contributed by atoms with van der Waals surface area (Å²) in [6.07, 6.45) is 3.31. The summed E-state index contributed by atoms with van der Waals surface area (Å²) in [6.45, 7) is 6.45. The first-order chi connectivity index (χ1) is 30.2. The molecule has 0 amide bonds. The number of halogens is 4. The van der Waals surface area contributed by atoms with Crippen LogP contribution in [-0.4, -0.2) is 82.1 Å². The first kappa shape index (κ1) is 45.1. The van der Waals surface area contributed by atoms with Gasteiger partial charge in [0, 0.05) is 48.0 Å². The molecule has 21 heteroatoms. The minimum Gasteiger partial charge on any atom is -0.324 e. The van der Waals surface area contributed by atoms with Gasteiger partial charge in [0.2, 0.25) is 18.1 Å². The maximum absolute atomic E-state index is 14.4. The lowest BCUT2D eigenvalue weighted by atomic mass is 10.1. The predicted molar refractivity (Wildman–Crippen MR) is 237 cm³/mol. The van der Waals surface area contributed by atoms with Gasteiger partial charge in [0.25, 0.3) is 5.56 Å². The minimum atomic E-state index is -4.78. The molecule has 0 bridgehead atoms. The lowest BCUT2D eigenvalue weighted by molar-refractivity contribution is -0.794. The quantitative estimate of drug-likeness (QED) is 0.124. The number of nitrogens with one attached hydrogen (secondary N) is 2. The average molecular weight is 940 g/mol. The Balaban J connectivity index is 1.05. The number of aromatic nitrogens is 7. The molecular formula is C43H47ClF3N10O5S2+. The fourth-order valence-corrected chi connectivity index (χ4v) is 11.6. The van der Waals surface area contributed by atoms with E-state index in [0.29, 0.717) is 65.6 Å². The van der Waals surface area contributed by atoms with Gasteiger partial charge in [0.15, 0.2) is 25.7 Å². The molecular weight excluding hydrogens is 893 g/mol.